The molecule has 0 aliphatic rings. The lowest BCUT2D eigenvalue weighted by Crippen LogP contribution is -2.15. The lowest BCUT2D eigenvalue weighted by Gasteiger charge is -2.19. The molecule has 154 valence electrons. The molecule has 0 saturated carbocycles. The average molecular weight is 402 g/mol. The van der Waals surface area contributed by atoms with E-state index in [1.165, 1.54) is 0 Å². The number of benzene rings is 3. The third-order valence-corrected chi connectivity index (χ3v) is 4.76. The molecule has 0 atom stereocenters. The minimum absolute atomic E-state index is 0.00145. The standard InChI is InChI=1S/C26H26O4/c1-26(2,3)21-15-13-20(14-16-21)24(27)30-23-12-8-7-11-22(23)25(28)29-18-17-19-9-5-4-6-10-19/h4-16H,17-18H2,1-3H3. The van der Waals surface area contributed by atoms with Gasteiger partial charge in [-0.25, -0.2) is 9.59 Å². The summed E-state index contributed by atoms with van der Waals surface area (Å²) in [4.78, 5) is 25.1. The monoisotopic (exact) mass is 402 g/mol. The van der Waals surface area contributed by atoms with Crippen LogP contribution in [-0.4, -0.2) is 18.5 Å². The first-order chi connectivity index (χ1) is 14.3. The van der Waals surface area contributed by atoms with Crippen molar-refractivity contribution >= 4 is 11.9 Å². The zero-order valence-corrected chi connectivity index (χ0v) is 17.6. The molecule has 4 heteroatoms. The Balaban J connectivity index is 1.65. The van der Waals surface area contributed by atoms with Gasteiger partial charge in [-0.3, -0.25) is 0 Å². The predicted molar refractivity (Wildman–Crippen MR) is 117 cm³/mol. The molecule has 0 aliphatic heterocycles. The number of esters is 2. The molecule has 3 aromatic carbocycles. The van der Waals surface area contributed by atoms with E-state index in [9.17, 15) is 9.59 Å². The van der Waals surface area contributed by atoms with Gasteiger partial charge in [0.05, 0.1) is 12.2 Å². The van der Waals surface area contributed by atoms with Crippen LogP contribution in [0.1, 0.15) is 52.6 Å². The molecular formula is C26H26O4. The van der Waals surface area contributed by atoms with Crippen LogP contribution in [0.2, 0.25) is 0 Å². The quantitative estimate of drug-likeness (QED) is 0.398. The molecule has 3 rings (SSSR count). The topological polar surface area (TPSA) is 52.6 Å². The van der Waals surface area contributed by atoms with Gasteiger partial charge in [-0.1, -0.05) is 75.4 Å². The molecule has 4 nitrogen and oxygen atoms in total. The second kappa shape index (κ2) is 9.40. The van der Waals surface area contributed by atoms with Gasteiger partial charge in [0.1, 0.15) is 11.3 Å². The summed E-state index contributed by atoms with van der Waals surface area (Å²) in [6, 6.07) is 23.7. The Morgan fingerprint density at radius 1 is 0.767 bits per heavy atom. The normalized spacial score (nSPS) is 11.0. The molecule has 0 fully saturated rings. The van der Waals surface area contributed by atoms with Crippen molar-refractivity contribution in [2.24, 2.45) is 0 Å². The zero-order chi connectivity index (χ0) is 21.6. The maximum atomic E-state index is 12.6. The van der Waals surface area contributed by atoms with Crippen LogP contribution in [0.4, 0.5) is 0 Å². The van der Waals surface area contributed by atoms with E-state index in [1.807, 2.05) is 42.5 Å². The van der Waals surface area contributed by atoms with Gasteiger partial charge < -0.3 is 9.47 Å². The van der Waals surface area contributed by atoms with Crippen molar-refractivity contribution in [1.29, 1.82) is 0 Å². The SMILES string of the molecule is CC(C)(C)c1ccc(C(=O)Oc2ccccc2C(=O)OCCc2ccccc2)cc1. The molecule has 0 aromatic heterocycles. The van der Waals surface area contributed by atoms with Crippen LogP contribution in [0.3, 0.4) is 0 Å². The Morgan fingerprint density at radius 3 is 2.07 bits per heavy atom. The first-order valence-corrected chi connectivity index (χ1v) is 9.97. The third kappa shape index (κ3) is 5.57. The first kappa shape index (κ1) is 21.3. The highest BCUT2D eigenvalue weighted by atomic mass is 16.5. The Hall–Kier alpha value is -3.40. The molecule has 0 amide bonds. The molecule has 30 heavy (non-hydrogen) atoms. The fraction of sp³-hybridized carbons (Fsp3) is 0.231. The number of para-hydroxylation sites is 1. The summed E-state index contributed by atoms with van der Waals surface area (Å²) < 4.78 is 10.9. The van der Waals surface area contributed by atoms with E-state index in [0.29, 0.717) is 12.0 Å². The van der Waals surface area contributed by atoms with Crippen LogP contribution in [0.15, 0.2) is 78.9 Å². The molecular weight excluding hydrogens is 376 g/mol. The highest BCUT2D eigenvalue weighted by Gasteiger charge is 2.18. The van der Waals surface area contributed by atoms with Crippen LogP contribution in [0, 0.1) is 0 Å². The van der Waals surface area contributed by atoms with Gasteiger partial charge in [0.15, 0.2) is 0 Å². The molecule has 0 saturated heterocycles. The second-order valence-electron chi connectivity index (χ2n) is 8.08. The minimum Gasteiger partial charge on any atom is -0.462 e. The highest BCUT2D eigenvalue weighted by Crippen LogP contribution is 2.24. The Morgan fingerprint density at radius 2 is 1.40 bits per heavy atom. The summed E-state index contributed by atoms with van der Waals surface area (Å²) >= 11 is 0. The van der Waals surface area contributed by atoms with Crippen molar-refractivity contribution in [1.82, 2.24) is 0 Å². The maximum Gasteiger partial charge on any atom is 0.343 e. The van der Waals surface area contributed by atoms with E-state index >= 15 is 0 Å². The number of hydrogen-bond donors (Lipinski definition) is 0. The molecule has 0 radical (unpaired) electrons. The van der Waals surface area contributed by atoms with Gasteiger partial charge in [0.2, 0.25) is 0 Å². The fourth-order valence-corrected chi connectivity index (χ4v) is 2.97. The van der Waals surface area contributed by atoms with Crippen LogP contribution in [0.5, 0.6) is 5.75 Å². The third-order valence-electron chi connectivity index (χ3n) is 4.76. The molecule has 0 bridgehead atoms. The van der Waals surface area contributed by atoms with Gasteiger partial charge in [-0.05, 0) is 40.8 Å². The number of ether oxygens (including phenoxy) is 2. The molecule has 0 spiro atoms. The summed E-state index contributed by atoms with van der Waals surface area (Å²) in [5.41, 5.74) is 2.86. The summed E-state index contributed by atoms with van der Waals surface area (Å²) in [7, 11) is 0. The van der Waals surface area contributed by atoms with Crippen molar-refractivity contribution in [3.63, 3.8) is 0 Å². The summed E-state index contributed by atoms with van der Waals surface area (Å²) in [6.07, 6.45) is 0.620. The van der Waals surface area contributed by atoms with E-state index < -0.39 is 11.9 Å². The van der Waals surface area contributed by atoms with E-state index in [-0.39, 0.29) is 23.3 Å². The predicted octanol–water partition coefficient (Wildman–Crippen LogP) is 5.60. The largest absolute Gasteiger partial charge is 0.462 e. The van der Waals surface area contributed by atoms with Gasteiger partial charge >= 0.3 is 11.9 Å². The number of hydrogen-bond acceptors (Lipinski definition) is 4. The van der Waals surface area contributed by atoms with E-state index in [4.69, 9.17) is 9.47 Å². The Bertz CT molecular complexity index is 999. The Labute approximate surface area is 177 Å². The summed E-state index contributed by atoms with van der Waals surface area (Å²) in [5.74, 6) is -0.843. The maximum absolute atomic E-state index is 12.6. The van der Waals surface area contributed by atoms with Gasteiger partial charge in [0, 0.05) is 6.42 Å². The van der Waals surface area contributed by atoms with Crippen LogP contribution in [0.25, 0.3) is 0 Å². The smallest absolute Gasteiger partial charge is 0.343 e. The van der Waals surface area contributed by atoms with Crippen molar-refractivity contribution in [3.8, 4) is 5.75 Å². The second-order valence-corrected chi connectivity index (χ2v) is 8.08. The van der Waals surface area contributed by atoms with Crippen LogP contribution >= 0.6 is 0 Å². The van der Waals surface area contributed by atoms with Crippen LogP contribution in [-0.2, 0) is 16.6 Å². The number of rotatable bonds is 6. The molecule has 0 N–H and O–H groups in total. The highest BCUT2D eigenvalue weighted by molar-refractivity contribution is 5.96. The average Bonchev–Trinajstić information content (AvgIpc) is 2.74. The van der Waals surface area contributed by atoms with Crippen molar-refractivity contribution in [2.75, 3.05) is 6.61 Å². The van der Waals surface area contributed by atoms with Crippen molar-refractivity contribution in [3.05, 3.63) is 101 Å². The zero-order valence-electron chi connectivity index (χ0n) is 17.6. The minimum atomic E-state index is -0.516. The summed E-state index contributed by atoms with van der Waals surface area (Å²) in [6.45, 7) is 6.58. The van der Waals surface area contributed by atoms with Gasteiger partial charge in [-0.15, -0.1) is 0 Å². The number of carbonyl (C=O) groups is 2. The molecule has 0 unspecified atom stereocenters. The van der Waals surface area contributed by atoms with Crippen molar-refractivity contribution in [2.45, 2.75) is 32.6 Å². The van der Waals surface area contributed by atoms with Crippen LogP contribution < -0.4 is 4.74 Å². The molecule has 3 aromatic rings. The van der Waals surface area contributed by atoms with E-state index in [2.05, 4.69) is 20.8 Å². The number of carbonyl (C=O) groups excluding carboxylic acids is 2. The Kier molecular flexibility index (Phi) is 6.68. The van der Waals surface area contributed by atoms with Crippen molar-refractivity contribution < 1.29 is 19.1 Å². The van der Waals surface area contributed by atoms with Gasteiger partial charge in [0.25, 0.3) is 0 Å². The molecule has 0 aliphatic carbocycles. The van der Waals surface area contributed by atoms with E-state index in [0.717, 1.165) is 11.1 Å². The van der Waals surface area contributed by atoms with E-state index in [1.54, 1.807) is 36.4 Å². The summed E-state index contributed by atoms with van der Waals surface area (Å²) in [5, 5.41) is 0. The lowest BCUT2D eigenvalue weighted by molar-refractivity contribution is 0.0504. The lowest BCUT2D eigenvalue weighted by atomic mass is 9.87. The fourth-order valence-electron chi connectivity index (χ4n) is 2.97. The first-order valence-electron chi connectivity index (χ1n) is 9.97. The van der Waals surface area contributed by atoms with Gasteiger partial charge in [-0.2, -0.15) is 0 Å². The molecule has 0 heterocycles.